The molecule has 0 aliphatic rings. The van der Waals surface area contributed by atoms with Crippen molar-refractivity contribution in [2.24, 2.45) is 0 Å². The van der Waals surface area contributed by atoms with E-state index in [2.05, 4.69) is 20.4 Å². The SMILES string of the molecule is CCCCNC(=O)c1nc2nc(-c3ccc(C)cc3)cc(C(F)(F)F)n2n1. The number of benzene rings is 1. The van der Waals surface area contributed by atoms with E-state index >= 15 is 0 Å². The van der Waals surface area contributed by atoms with Crippen LogP contribution in [0.1, 0.15) is 41.6 Å². The highest BCUT2D eigenvalue weighted by Crippen LogP contribution is 2.31. The molecule has 3 rings (SSSR count). The molecule has 0 bridgehead atoms. The molecule has 0 saturated heterocycles. The van der Waals surface area contributed by atoms with Gasteiger partial charge in [0, 0.05) is 12.1 Å². The molecule has 1 amide bonds. The Balaban J connectivity index is 2.07. The number of aryl methyl sites for hydroxylation is 1. The molecule has 0 aliphatic carbocycles. The van der Waals surface area contributed by atoms with Gasteiger partial charge in [-0.05, 0) is 19.4 Å². The quantitative estimate of drug-likeness (QED) is 0.689. The zero-order valence-corrected chi connectivity index (χ0v) is 14.8. The van der Waals surface area contributed by atoms with Crippen molar-refractivity contribution in [3.63, 3.8) is 0 Å². The van der Waals surface area contributed by atoms with Crippen LogP contribution < -0.4 is 5.32 Å². The maximum atomic E-state index is 13.5. The predicted octanol–water partition coefficient (Wildman–Crippen LogP) is 3.65. The van der Waals surface area contributed by atoms with E-state index in [1.807, 2.05) is 13.8 Å². The molecule has 3 aromatic rings. The second-order valence-electron chi connectivity index (χ2n) is 6.15. The molecule has 0 atom stereocenters. The average Bonchev–Trinajstić information content (AvgIpc) is 3.05. The van der Waals surface area contributed by atoms with Crippen molar-refractivity contribution in [3.05, 3.63) is 47.4 Å². The van der Waals surface area contributed by atoms with Crippen LogP contribution in [0.2, 0.25) is 0 Å². The number of amides is 1. The fourth-order valence-corrected chi connectivity index (χ4v) is 2.50. The lowest BCUT2D eigenvalue weighted by molar-refractivity contribution is -0.142. The molecule has 0 saturated carbocycles. The van der Waals surface area contributed by atoms with Crippen LogP contribution >= 0.6 is 0 Å². The maximum absolute atomic E-state index is 13.5. The highest BCUT2D eigenvalue weighted by Gasteiger charge is 2.36. The molecule has 2 aromatic heterocycles. The Morgan fingerprint density at radius 1 is 1.19 bits per heavy atom. The fraction of sp³-hybridized carbons (Fsp3) is 0.333. The molecule has 1 aromatic carbocycles. The first-order valence-corrected chi connectivity index (χ1v) is 8.50. The van der Waals surface area contributed by atoms with Gasteiger partial charge in [0.2, 0.25) is 5.82 Å². The molecule has 2 heterocycles. The van der Waals surface area contributed by atoms with Crippen molar-refractivity contribution >= 4 is 11.7 Å². The number of aromatic nitrogens is 4. The van der Waals surface area contributed by atoms with Gasteiger partial charge in [-0.3, -0.25) is 4.79 Å². The van der Waals surface area contributed by atoms with Crippen molar-refractivity contribution < 1.29 is 18.0 Å². The largest absolute Gasteiger partial charge is 0.433 e. The zero-order valence-electron chi connectivity index (χ0n) is 14.8. The lowest BCUT2D eigenvalue weighted by atomic mass is 10.1. The number of rotatable bonds is 5. The van der Waals surface area contributed by atoms with Gasteiger partial charge >= 0.3 is 6.18 Å². The summed E-state index contributed by atoms with van der Waals surface area (Å²) >= 11 is 0. The number of alkyl halides is 3. The van der Waals surface area contributed by atoms with Gasteiger partial charge in [0.05, 0.1) is 5.69 Å². The molecule has 0 unspecified atom stereocenters. The Morgan fingerprint density at radius 2 is 1.89 bits per heavy atom. The van der Waals surface area contributed by atoms with E-state index < -0.39 is 17.8 Å². The first-order chi connectivity index (χ1) is 12.8. The van der Waals surface area contributed by atoms with Crippen molar-refractivity contribution in [2.75, 3.05) is 6.54 Å². The normalized spacial score (nSPS) is 11.7. The molecule has 0 aliphatic heterocycles. The van der Waals surface area contributed by atoms with Gasteiger partial charge < -0.3 is 5.32 Å². The van der Waals surface area contributed by atoms with Crippen LogP contribution in [0.4, 0.5) is 13.2 Å². The average molecular weight is 377 g/mol. The van der Waals surface area contributed by atoms with Gasteiger partial charge in [-0.2, -0.15) is 22.7 Å². The van der Waals surface area contributed by atoms with Crippen molar-refractivity contribution in [2.45, 2.75) is 32.9 Å². The molecule has 0 fully saturated rings. The second kappa shape index (κ2) is 7.34. The van der Waals surface area contributed by atoms with Crippen molar-refractivity contribution in [1.82, 2.24) is 24.9 Å². The number of hydrogen-bond donors (Lipinski definition) is 1. The third-order valence-corrected chi connectivity index (χ3v) is 3.97. The molecule has 142 valence electrons. The van der Waals surface area contributed by atoms with Gasteiger partial charge in [-0.15, -0.1) is 5.10 Å². The Hall–Kier alpha value is -2.97. The summed E-state index contributed by atoms with van der Waals surface area (Å²) in [5.41, 5.74) is 0.568. The number of halogens is 3. The Kier molecular flexibility index (Phi) is 5.11. The highest BCUT2D eigenvalue weighted by molar-refractivity contribution is 5.90. The summed E-state index contributed by atoms with van der Waals surface area (Å²) in [5.74, 6) is -1.25. The van der Waals surface area contributed by atoms with Crippen LogP contribution in [0.5, 0.6) is 0 Å². The standard InChI is InChI=1S/C18H18F3N5O/c1-3-4-9-22-16(27)15-24-17-23-13(12-7-5-11(2)6-8-12)10-14(18(19,20)21)26(17)25-15/h5-8,10H,3-4,9H2,1-2H3,(H,22,27). The van der Waals surface area contributed by atoms with Crippen LogP contribution in [0, 0.1) is 6.92 Å². The van der Waals surface area contributed by atoms with Gasteiger partial charge in [-0.25, -0.2) is 4.98 Å². The number of fused-ring (bicyclic) bond motifs is 1. The van der Waals surface area contributed by atoms with E-state index in [0.29, 0.717) is 16.6 Å². The van der Waals surface area contributed by atoms with Crippen LogP contribution in [-0.4, -0.2) is 32.0 Å². The van der Waals surface area contributed by atoms with E-state index in [4.69, 9.17) is 0 Å². The lowest BCUT2D eigenvalue weighted by Gasteiger charge is -2.10. The van der Waals surface area contributed by atoms with E-state index in [-0.39, 0.29) is 17.3 Å². The topological polar surface area (TPSA) is 72.2 Å². The number of carbonyl (C=O) groups excluding carboxylic acids is 1. The van der Waals surface area contributed by atoms with Crippen LogP contribution in [0.25, 0.3) is 17.0 Å². The molecule has 27 heavy (non-hydrogen) atoms. The molecule has 1 N–H and O–H groups in total. The summed E-state index contributed by atoms with van der Waals surface area (Å²) in [6.45, 7) is 4.24. The van der Waals surface area contributed by atoms with Crippen LogP contribution in [0.3, 0.4) is 0 Å². The Morgan fingerprint density at radius 3 is 2.52 bits per heavy atom. The summed E-state index contributed by atoms with van der Waals surface area (Å²) < 4.78 is 41.1. The number of nitrogens with zero attached hydrogens (tertiary/aromatic N) is 4. The van der Waals surface area contributed by atoms with Crippen molar-refractivity contribution in [1.29, 1.82) is 0 Å². The Labute approximate surface area is 153 Å². The number of carbonyl (C=O) groups is 1. The van der Waals surface area contributed by atoms with E-state index in [9.17, 15) is 18.0 Å². The van der Waals surface area contributed by atoms with E-state index in [1.54, 1.807) is 24.3 Å². The van der Waals surface area contributed by atoms with Crippen LogP contribution in [0.15, 0.2) is 30.3 Å². The summed E-state index contributed by atoms with van der Waals surface area (Å²) in [6, 6.07) is 7.84. The predicted molar refractivity (Wildman–Crippen MR) is 93.2 cm³/mol. The molecular formula is C18H18F3N5O. The zero-order chi connectivity index (χ0) is 19.6. The molecular weight excluding hydrogens is 359 g/mol. The lowest BCUT2D eigenvalue weighted by Crippen LogP contribution is -2.25. The minimum Gasteiger partial charge on any atom is -0.349 e. The third-order valence-electron chi connectivity index (χ3n) is 3.97. The maximum Gasteiger partial charge on any atom is 0.433 e. The summed E-state index contributed by atoms with van der Waals surface area (Å²) in [5, 5.41) is 6.30. The minimum absolute atomic E-state index is 0.111. The molecule has 6 nitrogen and oxygen atoms in total. The minimum atomic E-state index is -4.68. The van der Waals surface area contributed by atoms with E-state index in [1.165, 1.54) is 0 Å². The first-order valence-electron chi connectivity index (χ1n) is 8.50. The molecule has 0 radical (unpaired) electrons. The summed E-state index contributed by atoms with van der Waals surface area (Å²) in [7, 11) is 0. The van der Waals surface area contributed by atoms with Crippen LogP contribution in [-0.2, 0) is 6.18 Å². The first kappa shape index (κ1) is 18.8. The fourth-order valence-electron chi connectivity index (χ4n) is 2.50. The smallest absolute Gasteiger partial charge is 0.349 e. The summed E-state index contributed by atoms with van der Waals surface area (Å²) in [4.78, 5) is 20.1. The van der Waals surface area contributed by atoms with E-state index in [0.717, 1.165) is 24.5 Å². The Bertz CT molecular complexity index is 964. The van der Waals surface area contributed by atoms with Gasteiger partial charge in [0.1, 0.15) is 0 Å². The second-order valence-corrected chi connectivity index (χ2v) is 6.15. The molecule has 0 spiro atoms. The monoisotopic (exact) mass is 377 g/mol. The summed E-state index contributed by atoms with van der Waals surface area (Å²) in [6.07, 6.45) is -3.05. The van der Waals surface area contributed by atoms with Crippen molar-refractivity contribution in [3.8, 4) is 11.3 Å². The van der Waals surface area contributed by atoms with Gasteiger partial charge in [0.25, 0.3) is 11.7 Å². The van der Waals surface area contributed by atoms with Gasteiger partial charge in [0.15, 0.2) is 5.69 Å². The number of hydrogen-bond acceptors (Lipinski definition) is 4. The number of unbranched alkanes of at least 4 members (excludes halogenated alkanes) is 1. The third kappa shape index (κ3) is 4.07. The molecule has 9 heteroatoms. The van der Waals surface area contributed by atoms with Gasteiger partial charge in [-0.1, -0.05) is 43.2 Å². The number of nitrogens with one attached hydrogen (secondary N) is 1. The highest BCUT2D eigenvalue weighted by atomic mass is 19.4.